The van der Waals surface area contributed by atoms with Crippen molar-refractivity contribution >= 4 is 11.8 Å². The molecule has 0 radical (unpaired) electrons. The van der Waals surface area contributed by atoms with E-state index in [9.17, 15) is 0 Å². The Kier molecular flexibility index (Phi) is 6.15. The lowest BCUT2D eigenvalue weighted by molar-refractivity contribution is -0.00000362. The maximum atomic E-state index is 5.91. The molecule has 0 aliphatic carbocycles. The van der Waals surface area contributed by atoms with Gasteiger partial charge in [-0.3, -0.25) is 0 Å². The molecule has 0 saturated heterocycles. The molecule has 6 heteroatoms. The molecule has 14 heavy (non-hydrogen) atoms. The summed E-state index contributed by atoms with van der Waals surface area (Å²) in [7, 11) is 0. The van der Waals surface area contributed by atoms with Gasteiger partial charge in [0.2, 0.25) is 5.89 Å². The Labute approximate surface area is 94.4 Å². The maximum Gasteiger partial charge on any atom is 0.276 e. The van der Waals surface area contributed by atoms with Crippen molar-refractivity contribution < 1.29 is 16.8 Å². The summed E-state index contributed by atoms with van der Waals surface area (Å²) in [5.74, 6) is 0.911. The summed E-state index contributed by atoms with van der Waals surface area (Å²) in [6, 6.07) is -0.140. The molecule has 0 aromatic carbocycles. The van der Waals surface area contributed by atoms with E-state index in [0.29, 0.717) is 17.0 Å². The van der Waals surface area contributed by atoms with E-state index in [0.717, 1.165) is 6.42 Å². The Morgan fingerprint density at radius 3 is 2.57 bits per heavy atom. The van der Waals surface area contributed by atoms with Gasteiger partial charge in [-0.1, -0.05) is 32.0 Å². The van der Waals surface area contributed by atoms with Crippen molar-refractivity contribution in [3.63, 3.8) is 0 Å². The Morgan fingerprint density at radius 1 is 1.50 bits per heavy atom. The lowest BCUT2D eigenvalue weighted by Crippen LogP contribution is -3.00. The van der Waals surface area contributed by atoms with Crippen LogP contribution in [-0.4, -0.2) is 16.5 Å². The average Bonchev–Trinajstić information content (AvgIpc) is 2.63. The minimum Gasteiger partial charge on any atom is -1.00 e. The quantitative estimate of drug-likeness (QED) is 0.669. The van der Waals surface area contributed by atoms with Gasteiger partial charge in [0.1, 0.15) is 0 Å². The van der Waals surface area contributed by atoms with Crippen LogP contribution in [0.2, 0.25) is 0 Å². The van der Waals surface area contributed by atoms with E-state index in [1.807, 2.05) is 6.26 Å². The van der Waals surface area contributed by atoms with Crippen molar-refractivity contribution in [3.05, 3.63) is 5.89 Å². The van der Waals surface area contributed by atoms with Gasteiger partial charge in [-0.25, -0.2) is 0 Å². The van der Waals surface area contributed by atoms with Gasteiger partial charge >= 0.3 is 0 Å². The predicted molar refractivity (Wildman–Crippen MR) is 52.5 cm³/mol. The zero-order valence-electron chi connectivity index (χ0n) is 8.53. The van der Waals surface area contributed by atoms with Crippen LogP contribution in [0.1, 0.15) is 32.2 Å². The van der Waals surface area contributed by atoms with Gasteiger partial charge < -0.3 is 22.6 Å². The fourth-order valence-electron chi connectivity index (χ4n) is 0.935. The van der Waals surface area contributed by atoms with Gasteiger partial charge in [-0.2, -0.15) is 0 Å². The molecular weight excluding hydrogens is 222 g/mol. The minimum absolute atomic E-state index is 0. The molecule has 0 fully saturated rings. The Morgan fingerprint density at radius 2 is 2.14 bits per heavy atom. The third kappa shape index (κ3) is 3.15. The van der Waals surface area contributed by atoms with E-state index in [2.05, 4.69) is 24.0 Å². The Balaban J connectivity index is 0.00000169. The van der Waals surface area contributed by atoms with E-state index < -0.39 is 0 Å². The van der Waals surface area contributed by atoms with Gasteiger partial charge in [0.25, 0.3) is 5.22 Å². The molecule has 0 amide bonds. The zero-order chi connectivity index (χ0) is 9.84. The topological polar surface area (TPSA) is 64.9 Å². The summed E-state index contributed by atoms with van der Waals surface area (Å²) in [4.78, 5) is 0. The van der Waals surface area contributed by atoms with Crippen LogP contribution in [0.4, 0.5) is 0 Å². The molecule has 82 valence electrons. The van der Waals surface area contributed by atoms with Crippen LogP contribution < -0.4 is 18.1 Å². The Hall–Kier alpha value is -0.260. The summed E-state index contributed by atoms with van der Waals surface area (Å²) in [6.07, 6.45) is 2.91. The van der Waals surface area contributed by atoms with E-state index >= 15 is 0 Å². The highest BCUT2D eigenvalue weighted by molar-refractivity contribution is 7.98. The SMILES string of the molecule is CCC(C)[C@H](N)c1nnc(SC)o1.[Cl-]. The molecule has 0 aliphatic heterocycles. The van der Waals surface area contributed by atoms with Gasteiger partial charge in [0.05, 0.1) is 6.04 Å². The minimum atomic E-state index is -0.140. The van der Waals surface area contributed by atoms with Crippen LogP contribution >= 0.6 is 11.8 Å². The van der Waals surface area contributed by atoms with Crippen LogP contribution in [-0.2, 0) is 0 Å². The molecule has 0 saturated carbocycles. The molecule has 4 nitrogen and oxygen atoms in total. The van der Waals surface area contributed by atoms with E-state index in [-0.39, 0.29) is 18.4 Å². The molecule has 0 spiro atoms. The average molecular weight is 237 g/mol. The summed E-state index contributed by atoms with van der Waals surface area (Å²) < 4.78 is 5.33. The van der Waals surface area contributed by atoms with E-state index in [1.54, 1.807) is 0 Å². The van der Waals surface area contributed by atoms with Crippen molar-refractivity contribution in [1.29, 1.82) is 0 Å². The molecule has 1 rings (SSSR count). The molecule has 1 unspecified atom stereocenters. The molecule has 2 N–H and O–H groups in total. The molecule has 0 aliphatic rings. The second-order valence-corrected chi connectivity index (χ2v) is 3.78. The summed E-state index contributed by atoms with van der Waals surface area (Å²) in [5.41, 5.74) is 5.91. The van der Waals surface area contributed by atoms with Gasteiger partial charge in [0, 0.05) is 0 Å². The lowest BCUT2D eigenvalue weighted by Gasteiger charge is -2.13. The van der Waals surface area contributed by atoms with Crippen molar-refractivity contribution in [1.82, 2.24) is 10.2 Å². The van der Waals surface area contributed by atoms with Crippen LogP contribution in [0.5, 0.6) is 0 Å². The molecular formula is C8H15ClN3OS-. The van der Waals surface area contributed by atoms with Crippen molar-refractivity contribution in [2.75, 3.05) is 6.26 Å². The number of rotatable bonds is 4. The first-order valence-electron chi connectivity index (χ1n) is 4.32. The highest BCUT2D eigenvalue weighted by Gasteiger charge is 2.19. The summed E-state index contributed by atoms with van der Waals surface area (Å²) in [6.45, 7) is 4.17. The lowest BCUT2D eigenvalue weighted by atomic mass is 10.0. The number of hydrogen-bond donors (Lipinski definition) is 1. The monoisotopic (exact) mass is 236 g/mol. The number of aromatic nitrogens is 2. The first-order valence-corrected chi connectivity index (χ1v) is 5.54. The second-order valence-electron chi connectivity index (χ2n) is 3.02. The van der Waals surface area contributed by atoms with Crippen LogP contribution in [0.15, 0.2) is 9.64 Å². The highest BCUT2D eigenvalue weighted by atomic mass is 35.5. The Bertz CT molecular complexity index is 269. The van der Waals surface area contributed by atoms with Gasteiger partial charge in [-0.15, -0.1) is 10.2 Å². The number of nitrogens with two attached hydrogens (primary N) is 1. The van der Waals surface area contributed by atoms with Gasteiger partial charge in [0.15, 0.2) is 0 Å². The highest BCUT2D eigenvalue weighted by Crippen LogP contribution is 2.22. The first-order chi connectivity index (χ1) is 6.19. The van der Waals surface area contributed by atoms with Crippen molar-refractivity contribution in [2.45, 2.75) is 31.5 Å². The predicted octanol–water partition coefficient (Wildman–Crippen LogP) is -1.16. The molecule has 1 aromatic heterocycles. The van der Waals surface area contributed by atoms with E-state index in [1.165, 1.54) is 11.8 Å². The molecule has 0 bridgehead atoms. The third-order valence-electron chi connectivity index (χ3n) is 2.14. The van der Waals surface area contributed by atoms with Crippen LogP contribution in [0.25, 0.3) is 0 Å². The zero-order valence-corrected chi connectivity index (χ0v) is 10.1. The standard InChI is InChI=1S/C8H15N3OS.ClH/c1-4-5(2)6(9)7-10-11-8(12-7)13-3;/h5-6H,4,9H2,1-3H3;1H/p-1/t5?,6-;/m0./s1. The summed E-state index contributed by atoms with van der Waals surface area (Å²) in [5, 5.41) is 8.31. The largest absolute Gasteiger partial charge is 1.00 e. The number of thioether (sulfide) groups is 1. The van der Waals surface area contributed by atoms with Crippen LogP contribution in [0.3, 0.4) is 0 Å². The normalized spacial score (nSPS) is 14.6. The van der Waals surface area contributed by atoms with Crippen molar-refractivity contribution in [3.8, 4) is 0 Å². The number of halogens is 1. The fourth-order valence-corrected chi connectivity index (χ4v) is 1.23. The number of nitrogens with zero attached hydrogens (tertiary/aromatic N) is 2. The maximum absolute atomic E-state index is 5.91. The van der Waals surface area contributed by atoms with Crippen molar-refractivity contribution in [2.24, 2.45) is 11.7 Å². The fraction of sp³-hybridized carbons (Fsp3) is 0.750. The first kappa shape index (κ1) is 13.7. The van der Waals surface area contributed by atoms with Gasteiger partial charge in [-0.05, 0) is 12.2 Å². The summed E-state index contributed by atoms with van der Waals surface area (Å²) >= 11 is 1.43. The number of hydrogen-bond acceptors (Lipinski definition) is 5. The second kappa shape index (κ2) is 6.27. The molecule has 1 heterocycles. The van der Waals surface area contributed by atoms with E-state index in [4.69, 9.17) is 10.2 Å². The molecule has 2 atom stereocenters. The molecule has 1 aromatic rings. The smallest absolute Gasteiger partial charge is 0.276 e. The third-order valence-corrected chi connectivity index (χ3v) is 2.65. The van der Waals surface area contributed by atoms with Crippen LogP contribution in [0, 0.1) is 5.92 Å².